The first kappa shape index (κ1) is 21.5. The Kier molecular flexibility index (Phi) is 7.20. The molecule has 28 heavy (non-hydrogen) atoms. The molecule has 0 aromatic heterocycles. The first-order valence-corrected chi connectivity index (χ1v) is 9.21. The summed E-state index contributed by atoms with van der Waals surface area (Å²) < 4.78 is 21.4. The second-order valence-corrected chi connectivity index (χ2v) is 6.29. The number of methoxy groups -OCH3 is 2. The molecule has 1 aromatic rings. The lowest BCUT2D eigenvalue weighted by Gasteiger charge is -2.32. The predicted molar refractivity (Wildman–Crippen MR) is 105 cm³/mol. The van der Waals surface area contributed by atoms with Crippen LogP contribution in [-0.2, 0) is 19.1 Å². The molecule has 0 spiro atoms. The summed E-state index contributed by atoms with van der Waals surface area (Å²) in [6.45, 7) is 7.40. The number of aliphatic imine (C=N–C) groups is 1. The van der Waals surface area contributed by atoms with Gasteiger partial charge in [0.05, 0.1) is 33.0 Å². The van der Waals surface area contributed by atoms with Gasteiger partial charge in [0.2, 0.25) is 0 Å². The molecule has 0 fully saturated rings. The molecule has 2 unspecified atom stereocenters. The third-order valence-corrected chi connectivity index (χ3v) is 4.64. The zero-order valence-electron chi connectivity index (χ0n) is 17.2. The van der Waals surface area contributed by atoms with Crippen molar-refractivity contribution in [2.45, 2.75) is 33.6 Å². The topological polar surface area (TPSA) is 83.4 Å². The Balaban J connectivity index is 2.75. The summed E-state index contributed by atoms with van der Waals surface area (Å²) in [5.41, 5.74) is 2.03. The summed E-state index contributed by atoms with van der Waals surface area (Å²) in [6, 6.07) is 5.27. The van der Waals surface area contributed by atoms with Gasteiger partial charge in [0, 0.05) is 22.9 Å². The Hall–Kier alpha value is -2.83. The van der Waals surface area contributed by atoms with Crippen molar-refractivity contribution >= 4 is 17.7 Å². The van der Waals surface area contributed by atoms with E-state index >= 15 is 0 Å². The monoisotopic (exact) mass is 389 g/mol. The van der Waals surface area contributed by atoms with Crippen LogP contribution >= 0.6 is 0 Å². The summed E-state index contributed by atoms with van der Waals surface area (Å²) >= 11 is 0. The van der Waals surface area contributed by atoms with Crippen molar-refractivity contribution in [2.24, 2.45) is 10.9 Å². The van der Waals surface area contributed by atoms with Gasteiger partial charge in [0.15, 0.2) is 0 Å². The average Bonchev–Trinajstić information content (AvgIpc) is 2.66. The van der Waals surface area contributed by atoms with Crippen molar-refractivity contribution in [2.75, 3.05) is 27.4 Å². The highest BCUT2D eigenvalue weighted by molar-refractivity contribution is 6.07. The summed E-state index contributed by atoms with van der Waals surface area (Å²) in [7, 11) is 3.09. The first-order chi connectivity index (χ1) is 13.4. The van der Waals surface area contributed by atoms with Gasteiger partial charge in [-0.15, -0.1) is 0 Å². The normalized spacial score (nSPS) is 19.0. The summed E-state index contributed by atoms with van der Waals surface area (Å²) in [5.74, 6) is -1.29. The van der Waals surface area contributed by atoms with Crippen LogP contribution in [0.1, 0.15) is 39.2 Å². The van der Waals surface area contributed by atoms with E-state index in [0.29, 0.717) is 34.0 Å². The Morgan fingerprint density at radius 3 is 2.29 bits per heavy atom. The van der Waals surface area contributed by atoms with E-state index in [9.17, 15) is 9.59 Å². The van der Waals surface area contributed by atoms with Crippen LogP contribution in [0.15, 0.2) is 34.5 Å². The molecule has 0 saturated heterocycles. The van der Waals surface area contributed by atoms with Crippen LogP contribution in [0.4, 0.5) is 0 Å². The van der Waals surface area contributed by atoms with Crippen molar-refractivity contribution in [3.63, 3.8) is 0 Å². The van der Waals surface area contributed by atoms with Gasteiger partial charge >= 0.3 is 11.9 Å². The van der Waals surface area contributed by atoms with E-state index in [0.717, 1.165) is 0 Å². The van der Waals surface area contributed by atoms with Gasteiger partial charge in [-0.25, -0.2) is 4.79 Å². The Morgan fingerprint density at radius 2 is 1.71 bits per heavy atom. The highest BCUT2D eigenvalue weighted by Crippen LogP contribution is 2.44. The molecule has 0 N–H and O–H groups in total. The molecule has 7 nitrogen and oxygen atoms in total. The van der Waals surface area contributed by atoms with E-state index in [2.05, 4.69) is 4.99 Å². The Morgan fingerprint density at radius 1 is 1.04 bits per heavy atom. The number of carbonyl (C=O) groups excluding carboxylic acids is 2. The molecule has 2 rings (SSSR count). The van der Waals surface area contributed by atoms with E-state index in [1.165, 1.54) is 7.11 Å². The highest BCUT2D eigenvalue weighted by Gasteiger charge is 2.43. The maximum absolute atomic E-state index is 12.8. The number of allylic oxidation sites excluding steroid dienone is 1. The SMILES string of the molecule is CCOC(=O)C1=C(C)N=C(C)C(C(=O)OCC)C1c1cc(OC)ccc1OC. The second-order valence-electron chi connectivity index (χ2n) is 6.29. The van der Waals surface area contributed by atoms with Gasteiger partial charge < -0.3 is 18.9 Å². The molecule has 1 aromatic carbocycles. The summed E-state index contributed by atoms with van der Waals surface area (Å²) in [6.07, 6.45) is 0. The zero-order valence-corrected chi connectivity index (χ0v) is 17.2. The molecule has 0 radical (unpaired) electrons. The van der Waals surface area contributed by atoms with Crippen molar-refractivity contribution in [1.82, 2.24) is 0 Å². The number of ether oxygens (including phenoxy) is 4. The van der Waals surface area contributed by atoms with Crippen LogP contribution in [0, 0.1) is 5.92 Å². The molecule has 0 saturated carbocycles. The second kappa shape index (κ2) is 9.39. The van der Waals surface area contributed by atoms with Gasteiger partial charge in [-0.05, 0) is 45.9 Å². The maximum atomic E-state index is 12.8. The molecule has 1 heterocycles. The third kappa shape index (κ3) is 4.18. The minimum atomic E-state index is -0.774. The predicted octanol–water partition coefficient (Wildman–Crippen LogP) is 3.28. The highest BCUT2D eigenvalue weighted by atomic mass is 16.5. The lowest BCUT2D eigenvalue weighted by molar-refractivity contribution is -0.146. The quantitative estimate of drug-likeness (QED) is 0.666. The molecular weight excluding hydrogens is 362 g/mol. The molecule has 1 aliphatic rings. The lowest BCUT2D eigenvalue weighted by atomic mass is 9.75. The van der Waals surface area contributed by atoms with Crippen molar-refractivity contribution < 1.29 is 28.5 Å². The number of esters is 2. The average molecular weight is 389 g/mol. The lowest BCUT2D eigenvalue weighted by Crippen LogP contribution is -2.36. The maximum Gasteiger partial charge on any atom is 0.336 e. The number of carbonyl (C=O) groups is 2. The molecule has 2 atom stereocenters. The summed E-state index contributed by atoms with van der Waals surface area (Å²) in [4.78, 5) is 30.1. The van der Waals surface area contributed by atoms with Crippen LogP contribution in [0.2, 0.25) is 0 Å². The smallest absolute Gasteiger partial charge is 0.336 e. The standard InChI is InChI=1S/C21H27NO6/c1-7-27-20(23)17-12(3)22-13(4)18(21(24)28-8-2)19(17)15-11-14(25-5)9-10-16(15)26-6/h9-11,17,19H,7-8H2,1-6H3. The van der Waals surface area contributed by atoms with Crippen molar-refractivity contribution in [1.29, 1.82) is 0 Å². The van der Waals surface area contributed by atoms with Crippen LogP contribution in [-0.4, -0.2) is 45.1 Å². The fraction of sp³-hybridized carbons (Fsp3) is 0.476. The number of nitrogens with zero attached hydrogens (tertiary/aromatic N) is 1. The fourth-order valence-electron chi connectivity index (χ4n) is 3.47. The van der Waals surface area contributed by atoms with Crippen LogP contribution in [0.5, 0.6) is 11.5 Å². The number of rotatable bonds is 7. The van der Waals surface area contributed by atoms with Crippen LogP contribution < -0.4 is 9.47 Å². The Labute approximate surface area is 165 Å². The van der Waals surface area contributed by atoms with E-state index < -0.39 is 23.8 Å². The number of hydrogen-bond donors (Lipinski definition) is 0. The van der Waals surface area contributed by atoms with E-state index in [1.54, 1.807) is 53.0 Å². The largest absolute Gasteiger partial charge is 0.497 e. The van der Waals surface area contributed by atoms with Crippen LogP contribution in [0.25, 0.3) is 0 Å². The van der Waals surface area contributed by atoms with E-state index in [4.69, 9.17) is 18.9 Å². The van der Waals surface area contributed by atoms with Crippen molar-refractivity contribution in [3.05, 3.63) is 35.0 Å². The van der Waals surface area contributed by atoms with E-state index in [-0.39, 0.29) is 13.2 Å². The molecule has 0 amide bonds. The van der Waals surface area contributed by atoms with Crippen LogP contribution in [0.3, 0.4) is 0 Å². The number of benzene rings is 1. The Bertz CT molecular complexity index is 811. The van der Waals surface area contributed by atoms with Gasteiger partial charge in [0.1, 0.15) is 17.4 Å². The van der Waals surface area contributed by atoms with Crippen molar-refractivity contribution in [3.8, 4) is 11.5 Å². The fourth-order valence-corrected chi connectivity index (χ4v) is 3.47. The molecule has 0 bridgehead atoms. The molecule has 152 valence electrons. The summed E-state index contributed by atoms with van der Waals surface area (Å²) in [5, 5.41) is 0. The number of hydrogen-bond acceptors (Lipinski definition) is 7. The molecule has 1 aliphatic heterocycles. The third-order valence-electron chi connectivity index (χ3n) is 4.64. The minimum absolute atomic E-state index is 0.213. The minimum Gasteiger partial charge on any atom is -0.497 e. The van der Waals surface area contributed by atoms with Gasteiger partial charge in [-0.1, -0.05) is 0 Å². The van der Waals surface area contributed by atoms with Gasteiger partial charge in [-0.3, -0.25) is 9.79 Å². The van der Waals surface area contributed by atoms with E-state index in [1.807, 2.05) is 0 Å². The van der Waals surface area contributed by atoms with Gasteiger partial charge in [0.25, 0.3) is 0 Å². The molecule has 0 aliphatic carbocycles. The zero-order chi connectivity index (χ0) is 20.8. The molecular formula is C21H27NO6. The first-order valence-electron chi connectivity index (χ1n) is 9.21. The van der Waals surface area contributed by atoms with Gasteiger partial charge in [-0.2, -0.15) is 0 Å². The molecule has 7 heteroatoms.